The minimum atomic E-state index is -0.416. The average molecular weight is 622 g/mol. The molecule has 0 N–H and O–H groups in total. The topological polar surface area (TPSA) is 101 Å². The number of aromatic nitrogens is 6. The number of nitrogens with zero attached hydrogens (tertiary/aromatic N) is 9. The highest BCUT2D eigenvalue weighted by molar-refractivity contribution is 7.98. The van der Waals surface area contributed by atoms with E-state index >= 15 is 4.39 Å². The molecular weight excluding hydrogens is 588 g/mol. The number of piperazine rings is 1. The molecule has 0 bridgehead atoms. The second kappa shape index (κ2) is 12.5. The van der Waals surface area contributed by atoms with Crippen molar-refractivity contribution in [3.8, 4) is 22.8 Å². The molecule has 0 radical (unpaired) electrons. The van der Waals surface area contributed by atoms with Crippen LogP contribution in [-0.4, -0.2) is 86.7 Å². The van der Waals surface area contributed by atoms with Crippen LogP contribution in [0.3, 0.4) is 0 Å². The highest BCUT2D eigenvalue weighted by atomic mass is 32.2. The molecule has 2 aromatic carbocycles. The number of thioether (sulfide) groups is 1. The smallest absolute Gasteiger partial charge is 0.247 e. The molecule has 5 aromatic rings. The third kappa shape index (κ3) is 6.10. The molecule has 0 unspecified atom stereocenters. The quantitative estimate of drug-likeness (QED) is 0.223. The normalized spacial score (nSPS) is 14.3. The monoisotopic (exact) mass is 621 g/mol. The van der Waals surface area contributed by atoms with Crippen molar-refractivity contribution < 1.29 is 13.2 Å². The van der Waals surface area contributed by atoms with Crippen molar-refractivity contribution in [2.45, 2.75) is 31.0 Å². The van der Waals surface area contributed by atoms with E-state index in [0.717, 1.165) is 26.2 Å². The fourth-order valence-corrected chi connectivity index (χ4v) is 5.93. The zero-order valence-corrected chi connectivity index (χ0v) is 25.8. The van der Waals surface area contributed by atoms with E-state index in [1.54, 1.807) is 29.1 Å². The van der Waals surface area contributed by atoms with Crippen LogP contribution in [0.25, 0.3) is 33.7 Å². The van der Waals surface area contributed by atoms with Gasteiger partial charge >= 0.3 is 0 Å². The molecule has 230 valence electrons. The zero-order valence-electron chi connectivity index (χ0n) is 25.0. The van der Waals surface area contributed by atoms with Crippen LogP contribution >= 0.6 is 11.8 Å². The van der Waals surface area contributed by atoms with Gasteiger partial charge in [-0.3, -0.25) is 9.69 Å². The summed E-state index contributed by atoms with van der Waals surface area (Å²) in [6, 6.07) is 8.95. The number of benzene rings is 2. The number of pyridine rings is 1. The second-order valence-corrected chi connectivity index (χ2v) is 11.9. The van der Waals surface area contributed by atoms with Gasteiger partial charge in [0.25, 0.3) is 0 Å². The van der Waals surface area contributed by atoms with Crippen molar-refractivity contribution >= 4 is 28.4 Å². The SMILES string of the molecule is CCn1cc(-c2nc(SCc3nnc(-c4ccc(F)cc4)o3)n(CN(C)C)n2)c(=O)c2cc(F)c(N3CCN(C)CC3)cc21. The van der Waals surface area contributed by atoms with Crippen molar-refractivity contribution in [2.24, 2.45) is 0 Å². The van der Waals surface area contributed by atoms with Crippen LogP contribution in [0.15, 0.2) is 57.0 Å². The predicted octanol–water partition coefficient (Wildman–Crippen LogP) is 4.17. The molecule has 1 fully saturated rings. The van der Waals surface area contributed by atoms with Gasteiger partial charge in [0.1, 0.15) is 11.6 Å². The molecule has 0 atom stereocenters. The largest absolute Gasteiger partial charge is 0.420 e. The fraction of sp³-hybridized carbons (Fsp3) is 0.367. The Morgan fingerprint density at radius 2 is 1.80 bits per heavy atom. The van der Waals surface area contributed by atoms with Crippen molar-refractivity contribution in [1.29, 1.82) is 0 Å². The van der Waals surface area contributed by atoms with Gasteiger partial charge < -0.3 is 18.8 Å². The van der Waals surface area contributed by atoms with Crippen molar-refractivity contribution in [3.63, 3.8) is 0 Å². The average Bonchev–Trinajstić information content (AvgIpc) is 3.64. The number of likely N-dealkylation sites (N-methyl/N-ethyl adjacent to an activating group) is 1. The molecule has 3 aromatic heterocycles. The Morgan fingerprint density at radius 3 is 2.50 bits per heavy atom. The van der Waals surface area contributed by atoms with E-state index in [4.69, 9.17) is 9.40 Å². The maximum absolute atomic E-state index is 15.5. The van der Waals surface area contributed by atoms with Crippen molar-refractivity contribution in [3.05, 3.63) is 70.3 Å². The van der Waals surface area contributed by atoms with Crippen LogP contribution in [0.2, 0.25) is 0 Å². The molecule has 1 aliphatic heterocycles. The Hall–Kier alpha value is -4.14. The summed E-state index contributed by atoms with van der Waals surface area (Å²) in [7, 11) is 5.87. The zero-order chi connectivity index (χ0) is 31.0. The van der Waals surface area contributed by atoms with Gasteiger partial charge in [-0.05, 0) is 64.5 Å². The lowest BCUT2D eigenvalue weighted by atomic mass is 10.1. The van der Waals surface area contributed by atoms with Crippen LogP contribution in [-0.2, 0) is 19.0 Å². The number of anilines is 1. The van der Waals surface area contributed by atoms with E-state index in [9.17, 15) is 9.18 Å². The van der Waals surface area contributed by atoms with Gasteiger partial charge in [0.2, 0.25) is 17.2 Å². The first-order valence-corrected chi connectivity index (χ1v) is 15.3. The molecule has 0 aliphatic carbocycles. The van der Waals surface area contributed by atoms with E-state index in [0.29, 0.717) is 52.3 Å². The lowest BCUT2D eigenvalue weighted by molar-refractivity contribution is 0.292. The number of aryl methyl sites for hydroxylation is 1. The van der Waals surface area contributed by atoms with E-state index in [1.165, 1.54) is 30.0 Å². The molecule has 44 heavy (non-hydrogen) atoms. The first-order valence-electron chi connectivity index (χ1n) is 14.3. The number of fused-ring (bicyclic) bond motifs is 1. The Labute approximate surface area is 257 Å². The van der Waals surface area contributed by atoms with Gasteiger partial charge in [-0.1, -0.05) is 11.8 Å². The standard InChI is InChI=1S/C30H33F2N9O2S/c1-5-39-16-22(27(42)21-14-23(32)25(15-24(21)39)40-12-10-38(4)11-13-40)28-33-30(41(36-28)18-37(2)3)44-17-26-34-35-29(43-26)19-6-8-20(31)9-7-19/h6-9,14-16H,5,10-13,17-18H2,1-4H3. The summed E-state index contributed by atoms with van der Waals surface area (Å²) in [5.74, 6) is 0.441. The molecule has 0 amide bonds. The van der Waals surface area contributed by atoms with E-state index in [-0.39, 0.29) is 28.3 Å². The number of rotatable bonds is 9. The summed E-state index contributed by atoms with van der Waals surface area (Å²) >= 11 is 1.34. The first kappa shape index (κ1) is 29.9. The van der Waals surface area contributed by atoms with Gasteiger partial charge in [0, 0.05) is 49.9 Å². The van der Waals surface area contributed by atoms with Crippen molar-refractivity contribution in [1.82, 2.24) is 39.3 Å². The summed E-state index contributed by atoms with van der Waals surface area (Å²) in [5.41, 5.74) is 1.77. The number of hydrogen-bond acceptors (Lipinski definition) is 10. The Bertz CT molecular complexity index is 1840. The summed E-state index contributed by atoms with van der Waals surface area (Å²) in [6.07, 6.45) is 1.76. The Balaban J connectivity index is 1.32. The van der Waals surface area contributed by atoms with Gasteiger partial charge in [-0.25, -0.2) is 18.4 Å². The molecule has 0 saturated carbocycles. The van der Waals surface area contributed by atoms with Crippen LogP contribution < -0.4 is 10.3 Å². The maximum Gasteiger partial charge on any atom is 0.247 e. The maximum atomic E-state index is 15.5. The van der Waals surface area contributed by atoms with E-state index < -0.39 is 5.82 Å². The van der Waals surface area contributed by atoms with Crippen LogP contribution in [0.1, 0.15) is 12.8 Å². The van der Waals surface area contributed by atoms with E-state index in [1.807, 2.05) is 35.4 Å². The second-order valence-electron chi connectivity index (χ2n) is 11.0. The van der Waals surface area contributed by atoms with Crippen LogP contribution in [0.5, 0.6) is 0 Å². The van der Waals surface area contributed by atoms with Gasteiger partial charge in [0.15, 0.2) is 11.0 Å². The Kier molecular flexibility index (Phi) is 8.47. The van der Waals surface area contributed by atoms with Crippen molar-refractivity contribution in [2.75, 3.05) is 52.2 Å². The highest BCUT2D eigenvalue weighted by Gasteiger charge is 2.23. The molecule has 4 heterocycles. The summed E-state index contributed by atoms with van der Waals surface area (Å²) in [4.78, 5) is 24.7. The number of halogens is 2. The lowest BCUT2D eigenvalue weighted by Crippen LogP contribution is -2.44. The fourth-order valence-electron chi connectivity index (χ4n) is 5.17. The predicted molar refractivity (Wildman–Crippen MR) is 166 cm³/mol. The lowest BCUT2D eigenvalue weighted by Gasteiger charge is -2.34. The van der Waals surface area contributed by atoms with Crippen LogP contribution in [0.4, 0.5) is 14.5 Å². The van der Waals surface area contributed by atoms with Gasteiger partial charge in [-0.2, -0.15) is 0 Å². The summed E-state index contributed by atoms with van der Waals surface area (Å²) in [5, 5.41) is 13.7. The summed E-state index contributed by atoms with van der Waals surface area (Å²) < 4.78 is 38.2. The molecule has 0 spiro atoms. The highest BCUT2D eigenvalue weighted by Crippen LogP contribution is 2.29. The molecular formula is C30H33F2N9O2S. The number of hydrogen-bond donors (Lipinski definition) is 0. The minimum absolute atomic E-state index is 0.254. The Morgan fingerprint density at radius 1 is 1.05 bits per heavy atom. The third-order valence-electron chi connectivity index (χ3n) is 7.51. The molecule has 1 aliphatic rings. The molecule has 6 rings (SSSR count). The molecule has 11 nitrogen and oxygen atoms in total. The first-order chi connectivity index (χ1) is 21.2. The molecule has 1 saturated heterocycles. The minimum Gasteiger partial charge on any atom is -0.420 e. The van der Waals surface area contributed by atoms with Crippen LogP contribution in [0, 0.1) is 11.6 Å². The van der Waals surface area contributed by atoms with Gasteiger partial charge in [-0.15, -0.1) is 15.3 Å². The third-order valence-corrected chi connectivity index (χ3v) is 8.46. The van der Waals surface area contributed by atoms with Gasteiger partial charge in [0.05, 0.1) is 29.2 Å². The summed E-state index contributed by atoms with van der Waals surface area (Å²) in [6.45, 7) is 6.11. The molecule has 14 heteroatoms. The van der Waals surface area contributed by atoms with E-state index in [2.05, 4.69) is 27.2 Å².